The van der Waals surface area contributed by atoms with Gasteiger partial charge in [-0.15, -0.1) is 0 Å². The minimum atomic E-state index is -0.575. The van der Waals surface area contributed by atoms with Crippen LogP contribution in [0.3, 0.4) is 0 Å². The summed E-state index contributed by atoms with van der Waals surface area (Å²) in [6.07, 6.45) is 1.30. The summed E-state index contributed by atoms with van der Waals surface area (Å²) in [6, 6.07) is 7.60. The summed E-state index contributed by atoms with van der Waals surface area (Å²) < 4.78 is 5.51. The van der Waals surface area contributed by atoms with E-state index in [1.807, 2.05) is 24.3 Å². The molecule has 1 heterocycles. The summed E-state index contributed by atoms with van der Waals surface area (Å²) in [6.45, 7) is 6.15. The zero-order chi connectivity index (χ0) is 15.9. The van der Waals surface area contributed by atoms with Gasteiger partial charge in [0.05, 0.1) is 18.3 Å². The number of aliphatic hydroxyl groups is 1. The van der Waals surface area contributed by atoms with Gasteiger partial charge >= 0.3 is 0 Å². The molecule has 0 aliphatic carbocycles. The van der Waals surface area contributed by atoms with E-state index >= 15 is 0 Å². The minimum absolute atomic E-state index is 0.00597. The standard InChI is InChI=1S/C17H26N2O3/c1-3-4-9-18-15-8-6-5-7-14(15)17(21)19-10-11-22-16(12-19)13(2)20/h5-8,13,16,18,20H,3-4,9-12H2,1-2H3. The lowest BCUT2D eigenvalue weighted by atomic mass is 10.1. The van der Waals surface area contributed by atoms with Crippen molar-refractivity contribution in [2.45, 2.75) is 38.9 Å². The molecule has 2 atom stereocenters. The lowest BCUT2D eigenvalue weighted by Crippen LogP contribution is -2.49. The number of benzene rings is 1. The fourth-order valence-corrected chi connectivity index (χ4v) is 2.55. The number of carbonyl (C=O) groups excluding carboxylic acids is 1. The van der Waals surface area contributed by atoms with Gasteiger partial charge in [-0.3, -0.25) is 4.79 Å². The van der Waals surface area contributed by atoms with Crippen LogP contribution in [0.15, 0.2) is 24.3 Å². The van der Waals surface area contributed by atoms with E-state index in [0.29, 0.717) is 25.3 Å². The number of nitrogens with one attached hydrogen (secondary N) is 1. The number of hydrogen-bond donors (Lipinski definition) is 2. The first-order chi connectivity index (χ1) is 10.6. The van der Waals surface area contributed by atoms with Crippen LogP contribution < -0.4 is 5.32 Å². The third-order valence-corrected chi connectivity index (χ3v) is 3.92. The molecule has 1 fully saturated rings. The van der Waals surface area contributed by atoms with Crippen molar-refractivity contribution in [1.29, 1.82) is 0 Å². The van der Waals surface area contributed by atoms with Crippen LogP contribution in [-0.2, 0) is 4.74 Å². The van der Waals surface area contributed by atoms with Gasteiger partial charge in [-0.25, -0.2) is 0 Å². The average Bonchev–Trinajstić information content (AvgIpc) is 2.55. The highest BCUT2D eigenvalue weighted by atomic mass is 16.5. The van der Waals surface area contributed by atoms with E-state index in [2.05, 4.69) is 12.2 Å². The van der Waals surface area contributed by atoms with Crippen LogP contribution in [0.4, 0.5) is 5.69 Å². The smallest absolute Gasteiger partial charge is 0.256 e. The van der Waals surface area contributed by atoms with Crippen LogP contribution in [0.25, 0.3) is 0 Å². The van der Waals surface area contributed by atoms with E-state index in [4.69, 9.17) is 4.74 Å². The highest BCUT2D eigenvalue weighted by Gasteiger charge is 2.28. The molecule has 0 spiro atoms. The van der Waals surface area contributed by atoms with Crippen LogP contribution in [0.1, 0.15) is 37.0 Å². The summed E-state index contributed by atoms with van der Waals surface area (Å²) in [7, 11) is 0. The number of amides is 1. The molecule has 1 amide bonds. The van der Waals surface area contributed by atoms with Crippen molar-refractivity contribution in [3.05, 3.63) is 29.8 Å². The molecule has 1 aromatic rings. The second-order valence-electron chi connectivity index (χ2n) is 5.73. The number of carbonyl (C=O) groups is 1. The Labute approximate surface area is 132 Å². The van der Waals surface area contributed by atoms with E-state index in [-0.39, 0.29) is 12.0 Å². The number of ether oxygens (including phenoxy) is 1. The van der Waals surface area contributed by atoms with Crippen molar-refractivity contribution in [3.8, 4) is 0 Å². The Bertz CT molecular complexity index is 491. The fourth-order valence-electron chi connectivity index (χ4n) is 2.55. The summed E-state index contributed by atoms with van der Waals surface area (Å²) >= 11 is 0. The van der Waals surface area contributed by atoms with Crippen LogP contribution in [0, 0.1) is 0 Å². The van der Waals surface area contributed by atoms with Gasteiger partial charge in [0.2, 0.25) is 0 Å². The third-order valence-electron chi connectivity index (χ3n) is 3.92. The average molecular weight is 306 g/mol. The third kappa shape index (κ3) is 4.21. The van der Waals surface area contributed by atoms with Gasteiger partial charge in [-0.05, 0) is 25.5 Å². The van der Waals surface area contributed by atoms with Gasteiger partial charge in [0, 0.05) is 25.3 Å². The number of para-hydroxylation sites is 1. The van der Waals surface area contributed by atoms with Crippen LogP contribution in [0.2, 0.25) is 0 Å². The second kappa shape index (κ2) is 8.15. The maximum absolute atomic E-state index is 12.8. The van der Waals surface area contributed by atoms with Crippen LogP contribution in [-0.4, -0.2) is 54.4 Å². The molecule has 1 aromatic carbocycles. The van der Waals surface area contributed by atoms with Crippen LogP contribution >= 0.6 is 0 Å². The highest BCUT2D eigenvalue weighted by molar-refractivity contribution is 5.99. The van der Waals surface area contributed by atoms with Gasteiger partial charge in [0.1, 0.15) is 6.10 Å². The Balaban J connectivity index is 2.08. The number of hydrogen-bond acceptors (Lipinski definition) is 4. The summed E-state index contributed by atoms with van der Waals surface area (Å²) in [5.41, 5.74) is 1.56. The van der Waals surface area contributed by atoms with E-state index in [9.17, 15) is 9.90 Å². The maximum Gasteiger partial charge on any atom is 0.256 e. The Morgan fingerprint density at radius 3 is 3.00 bits per heavy atom. The zero-order valence-electron chi connectivity index (χ0n) is 13.4. The number of aliphatic hydroxyl groups excluding tert-OH is 1. The van der Waals surface area contributed by atoms with Crippen molar-refractivity contribution in [1.82, 2.24) is 4.90 Å². The number of nitrogens with zero attached hydrogens (tertiary/aromatic N) is 1. The normalized spacial score (nSPS) is 19.8. The molecule has 2 rings (SSSR count). The van der Waals surface area contributed by atoms with Crippen molar-refractivity contribution in [3.63, 3.8) is 0 Å². The maximum atomic E-state index is 12.8. The fraction of sp³-hybridized carbons (Fsp3) is 0.588. The molecule has 0 saturated carbocycles. The largest absolute Gasteiger partial charge is 0.391 e. The number of morpholine rings is 1. The molecule has 1 saturated heterocycles. The zero-order valence-corrected chi connectivity index (χ0v) is 13.4. The highest BCUT2D eigenvalue weighted by Crippen LogP contribution is 2.19. The topological polar surface area (TPSA) is 61.8 Å². The number of anilines is 1. The van der Waals surface area contributed by atoms with E-state index < -0.39 is 6.10 Å². The van der Waals surface area contributed by atoms with Crippen molar-refractivity contribution < 1.29 is 14.6 Å². The van der Waals surface area contributed by atoms with Crippen LogP contribution in [0.5, 0.6) is 0 Å². The van der Waals surface area contributed by atoms with Gasteiger partial charge in [0.25, 0.3) is 5.91 Å². The monoisotopic (exact) mass is 306 g/mol. The van der Waals surface area contributed by atoms with E-state index in [1.165, 1.54) is 0 Å². The van der Waals surface area contributed by atoms with Crippen molar-refractivity contribution in [2.75, 3.05) is 31.6 Å². The minimum Gasteiger partial charge on any atom is -0.391 e. The van der Waals surface area contributed by atoms with Gasteiger partial charge in [-0.1, -0.05) is 25.5 Å². The first-order valence-electron chi connectivity index (χ1n) is 8.05. The predicted octanol–water partition coefficient (Wildman–Crippen LogP) is 2.12. The Morgan fingerprint density at radius 1 is 1.50 bits per heavy atom. The molecular formula is C17H26N2O3. The molecular weight excluding hydrogens is 280 g/mol. The van der Waals surface area contributed by atoms with Gasteiger partial charge in [0.15, 0.2) is 0 Å². The molecule has 5 heteroatoms. The Kier molecular flexibility index (Phi) is 6.21. The molecule has 0 aromatic heterocycles. The van der Waals surface area contributed by atoms with Gasteiger partial charge in [-0.2, -0.15) is 0 Å². The lowest BCUT2D eigenvalue weighted by molar-refractivity contribution is -0.0745. The SMILES string of the molecule is CCCCNc1ccccc1C(=O)N1CCOC(C(C)O)C1. The molecule has 2 N–H and O–H groups in total. The first-order valence-corrected chi connectivity index (χ1v) is 8.05. The molecule has 0 bridgehead atoms. The van der Waals surface area contributed by atoms with E-state index in [1.54, 1.807) is 11.8 Å². The molecule has 1 aliphatic rings. The Morgan fingerprint density at radius 2 is 2.27 bits per heavy atom. The van der Waals surface area contributed by atoms with Crippen molar-refractivity contribution >= 4 is 11.6 Å². The molecule has 0 radical (unpaired) electrons. The first kappa shape index (κ1) is 16.8. The Hall–Kier alpha value is -1.59. The summed E-state index contributed by atoms with van der Waals surface area (Å²) in [5, 5.41) is 13.0. The summed E-state index contributed by atoms with van der Waals surface area (Å²) in [5.74, 6) is -0.00597. The van der Waals surface area contributed by atoms with Gasteiger partial charge < -0.3 is 20.1 Å². The van der Waals surface area contributed by atoms with Crippen molar-refractivity contribution in [2.24, 2.45) is 0 Å². The van der Waals surface area contributed by atoms with E-state index in [0.717, 1.165) is 25.1 Å². The molecule has 22 heavy (non-hydrogen) atoms. The molecule has 5 nitrogen and oxygen atoms in total. The molecule has 2 unspecified atom stereocenters. The summed E-state index contributed by atoms with van der Waals surface area (Å²) in [4.78, 5) is 14.5. The quantitative estimate of drug-likeness (QED) is 0.790. The lowest BCUT2D eigenvalue weighted by Gasteiger charge is -2.34. The predicted molar refractivity (Wildman–Crippen MR) is 87.2 cm³/mol. The number of rotatable bonds is 6. The second-order valence-corrected chi connectivity index (χ2v) is 5.73. The molecule has 1 aliphatic heterocycles. The molecule has 122 valence electrons. The number of unbranched alkanes of at least 4 members (excludes halogenated alkanes) is 1.